The Hall–Kier alpha value is -2.82. The number of aromatic hydroxyl groups is 2. The summed E-state index contributed by atoms with van der Waals surface area (Å²) in [5, 5.41) is 19.7. The van der Waals surface area contributed by atoms with Crippen LogP contribution in [0.3, 0.4) is 0 Å². The van der Waals surface area contributed by atoms with Crippen LogP contribution in [0.15, 0.2) is 42.6 Å². The number of hydrogen-bond acceptors (Lipinski definition) is 5. The first kappa shape index (κ1) is 14.8. The number of benzene rings is 2. The molecular formula is C19H19N3O2. The van der Waals surface area contributed by atoms with Crippen LogP contribution in [0.2, 0.25) is 0 Å². The topological polar surface area (TPSA) is 69.5 Å². The van der Waals surface area contributed by atoms with Gasteiger partial charge in [-0.25, -0.2) is 4.98 Å². The maximum absolute atomic E-state index is 10.1. The maximum atomic E-state index is 10.1. The van der Waals surface area contributed by atoms with Gasteiger partial charge in [-0.3, -0.25) is 4.98 Å². The molecule has 0 bridgehead atoms. The monoisotopic (exact) mass is 321 g/mol. The van der Waals surface area contributed by atoms with E-state index in [1.54, 1.807) is 6.07 Å². The van der Waals surface area contributed by atoms with Crippen molar-refractivity contribution in [2.75, 3.05) is 18.0 Å². The normalized spacial score (nSPS) is 14.9. The van der Waals surface area contributed by atoms with E-state index in [2.05, 4.69) is 9.88 Å². The predicted molar refractivity (Wildman–Crippen MR) is 94.4 cm³/mol. The van der Waals surface area contributed by atoms with Crippen molar-refractivity contribution < 1.29 is 10.2 Å². The smallest absolute Gasteiger partial charge is 0.147 e. The maximum Gasteiger partial charge on any atom is 0.147 e. The summed E-state index contributed by atoms with van der Waals surface area (Å²) in [5.41, 5.74) is 3.00. The highest BCUT2D eigenvalue weighted by Crippen LogP contribution is 2.33. The molecule has 122 valence electrons. The van der Waals surface area contributed by atoms with Crippen LogP contribution < -0.4 is 4.90 Å². The van der Waals surface area contributed by atoms with Crippen LogP contribution in [0.5, 0.6) is 11.5 Å². The minimum absolute atomic E-state index is 0.121. The van der Waals surface area contributed by atoms with Gasteiger partial charge in [-0.05, 0) is 55.2 Å². The molecule has 4 rings (SSSR count). The summed E-state index contributed by atoms with van der Waals surface area (Å²) in [7, 11) is 0. The summed E-state index contributed by atoms with van der Waals surface area (Å²) >= 11 is 0. The molecule has 0 aliphatic carbocycles. The van der Waals surface area contributed by atoms with Crippen LogP contribution in [0.4, 0.5) is 5.82 Å². The van der Waals surface area contributed by atoms with Crippen molar-refractivity contribution >= 4 is 16.9 Å². The van der Waals surface area contributed by atoms with Crippen LogP contribution in [0, 0.1) is 0 Å². The van der Waals surface area contributed by atoms with Crippen LogP contribution in [0.25, 0.3) is 22.2 Å². The highest BCUT2D eigenvalue weighted by Gasteiger charge is 2.14. The quantitative estimate of drug-likeness (QED) is 0.704. The molecule has 2 aromatic carbocycles. The van der Waals surface area contributed by atoms with Crippen LogP contribution in [-0.2, 0) is 0 Å². The second kappa shape index (κ2) is 6.00. The first-order chi connectivity index (χ1) is 11.7. The summed E-state index contributed by atoms with van der Waals surface area (Å²) in [6, 6.07) is 10.2. The highest BCUT2D eigenvalue weighted by molar-refractivity contribution is 5.84. The van der Waals surface area contributed by atoms with Gasteiger partial charge in [-0.1, -0.05) is 6.07 Å². The van der Waals surface area contributed by atoms with Gasteiger partial charge in [-0.15, -0.1) is 0 Å². The highest BCUT2D eigenvalue weighted by atomic mass is 16.3. The van der Waals surface area contributed by atoms with E-state index in [1.807, 2.05) is 24.4 Å². The lowest BCUT2D eigenvalue weighted by Crippen LogP contribution is -2.30. The van der Waals surface area contributed by atoms with Gasteiger partial charge in [-0.2, -0.15) is 0 Å². The van der Waals surface area contributed by atoms with E-state index in [9.17, 15) is 10.2 Å². The van der Waals surface area contributed by atoms with E-state index in [0.29, 0.717) is 5.56 Å². The van der Waals surface area contributed by atoms with Crippen molar-refractivity contribution in [2.45, 2.75) is 19.3 Å². The molecule has 0 saturated carbocycles. The Bertz CT molecular complexity index is 889. The molecule has 2 N–H and O–H groups in total. The van der Waals surface area contributed by atoms with Crippen LogP contribution in [-0.4, -0.2) is 33.3 Å². The van der Waals surface area contributed by atoms with E-state index < -0.39 is 0 Å². The van der Waals surface area contributed by atoms with Crippen LogP contribution >= 0.6 is 0 Å². The molecule has 1 aromatic heterocycles. The molecule has 1 fully saturated rings. The third-order valence-corrected chi connectivity index (χ3v) is 4.50. The van der Waals surface area contributed by atoms with Crippen molar-refractivity contribution in [3.63, 3.8) is 0 Å². The number of aromatic nitrogens is 2. The SMILES string of the molecule is Oc1ccc(O)c(-c2ccc3ncc(N4CCCCC4)nc3c2)c1. The Morgan fingerprint density at radius 2 is 1.71 bits per heavy atom. The Labute approximate surface area is 140 Å². The molecule has 1 aliphatic heterocycles. The second-order valence-corrected chi connectivity index (χ2v) is 6.18. The van der Waals surface area contributed by atoms with Crippen molar-refractivity contribution in [1.29, 1.82) is 0 Å². The van der Waals surface area contributed by atoms with Crippen molar-refractivity contribution in [1.82, 2.24) is 9.97 Å². The average Bonchev–Trinajstić information content (AvgIpc) is 2.63. The number of phenols is 2. The number of rotatable bonds is 2. The zero-order valence-electron chi connectivity index (χ0n) is 13.3. The van der Waals surface area contributed by atoms with E-state index in [1.165, 1.54) is 31.4 Å². The molecule has 24 heavy (non-hydrogen) atoms. The molecule has 0 amide bonds. The lowest BCUT2D eigenvalue weighted by atomic mass is 10.0. The number of phenolic OH excluding ortho intramolecular Hbond substituents is 2. The van der Waals surface area contributed by atoms with Gasteiger partial charge in [0.2, 0.25) is 0 Å². The number of fused-ring (bicyclic) bond motifs is 1. The van der Waals surface area contributed by atoms with Crippen LogP contribution in [0.1, 0.15) is 19.3 Å². The van der Waals surface area contributed by atoms with Gasteiger partial charge in [0.25, 0.3) is 0 Å². The first-order valence-electron chi connectivity index (χ1n) is 8.25. The molecule has 0 unspecified atom stereocenters. The number of piperidine rings is 1. The molecule has 5 nitrogen and oxygen atoms in total. The van der Waals surface area contributed by atoms with Crippen molar-refractivity contribution in [3.8, 4) is 22.6 Å². The molecule has 0 spiro atoms. The molecular weight excluding hydrogens is 302 g/mol. The Morgan fingerprint density at radius 1 is 0.875 bits per heavy atom. The summed E-state index contributed by atoms with van der Waals surface area (Å²) < 4.78 is 0. The fraction of sp³-hybridized carbons (Fsp3) is 0.263. The van der Waals surface area contributed by atoms with Gasteiger partial charge in [0, 0.05) is 18.7 Å². The summed E-state index contributed by atoms with van der Waals surface area (Å²) in [4.78, 5) is 11.5. The third kappa shape index (κ3) is 2.73. The minimum Gasteiger partial charge on any atom is -0.508 e. The molecule has 1 aliphatic rings. The van der Waals surface area contributed by atoms with Gasteiger partial charge >= 0.3 is 0 Å². The largest absolute Gasteiger partial charge is 0.508 e. The molecule has 3 aromatic rings. The standard InChI is InChI=1S/C19H19N3O2/c23-14-5-7-18(24)15(11-14)13-4-6-16-17(10-13)21-19(12-20-16)22-8-2-1-3-9-22/h4-7,10-12,23-24H,1-3,8-9H2. The van der Waals surface area contributed by atoms with E-state index in [4.69, 9.17) is 4.98 Å². The van der Waals surface area contributed by atoms with E-state index >= 15 is 0 Å². The predicted octanol–water partition coefficient (Wildman–Crippen LogP) is 3.70. The molecule has 5 heteroatoms. The number of nitrogens with zero attached hydrogens (tertiary/aromatic N) is 3. The fourth-order valence-corrected chi connectivity index (χ4v) is 3.20. The molecule has 2 heterocycles. The summed E-state index contributed by atoms with van der Waals surface area (Å²) in [6.07, 6.45) is 5.49. The first-order valence-corrected chi connectivity index (χ1v) is 8.25. The van der Waals surface area contributed by atoms with Crippen molar-refractivity contribution in [3.05, 3.63) is 42.6 Å². The zero-order chi connectivity index (χ0) is 16.5. The molecule has 0 atom stereocenters. The lowest BCUT2D eigenvalue weighted by molar-refractivity contribution is 0.462. The Kier molecular flexibility index (Phi) is 3.69. The number of hydrogen-bond donors (Lipinski definition) is 2. The van der Waals surface area contributed by atoms with Gasteiger partial charge in [0.1, 0.15) is 17.3 Å². The Morgan fingerprint density at radius 3 is 2.54 bits per heavy atom. The zero-order valence-corrected chi connectivity index (χ0v) is 13.3. The lowest BCUT2D eigenvalue weighted by Gasteiger charge is -2.27. The third-order valence-electron chi connectivity index (χ3n) is 4.50. The molecule has 0 radical (unpaired) electrons. The van der Waals surface area contributed by atoms with E-state index in [-0.39, 0.29) is 11.5 Å². The Balaban J connectivity index is 1.77. The van der Waals surface area contributed by atoms with Gasteiger partial charge in [0.05, 0.1) is 17.2 Å². The average molecular weight is 321 g/mol. The fourth-order valence-electron chi connectivity index (χ4n) is 3.20. The summed E-state index contributed by atoms with van der Waals surface area (Å²) in [6.45, 7) is 2.04. The minimum atomic E-state index is 0.121. The van der Waals surface area contributed by atoms with Gasteiger partial charge in [0.15, 0.2) is 0 Å². The van der Waals surface area contributed by atoms with Gasteiger partial charge < -0.3 is 15.1 Å². The molecule has 1 saturated heterocycles. The second-order valence-electron chi connectivity index (χ2n) is 6.18. The summed E-state index contributed by atoms with van der Waals surface area (Å²) in [5.74, 6) is 1.16. The number of anilines is 1. The van der Waals surface area contributed by atoms with Crippen molar-refractivity contribution in [2.24, 2.45) is 0 Å². The van der Waals surface area contributed by atoms with E-state index in [0.717, 1.165) is 35.5 Å².